The number of nitrogens with one attached hydrogen (secondary N) is 1. The summed E-state index contributed by atoms with van der Waals surface area (Å²) in [6, 6.07) is 4.14. The van der Waals surface area contributed by atoms with Crippen LogP contribution in [0.2, 0.25) is 0 Å². The van der Waals surface area contributed by atoms with E-state index in [9.17, 15) is 4.79 Å². The summed E-state index contributed by atoms with van der Waals surface area (Å²) < 4.78 is 0. The number of carbonyl (C=O) groups is 1. The molecule has 5 heteroatoms. The maximum atomic E-state index is 12.6. The Bertz CT molecular complexity index is 434. The number of carbonyl (C=O) groups excluding carboxylic acids is 1. The van der Waals surface area contributed by atoms with E-state index in [0.717, 1.165) is 37.4 Å². The van der Waals surface area contributed by atoms with Gasteiger partial charge in [-0.25, -0.2) is 0 Å². The number of rotatable bonds is 2. The second kappa shape index (κ2) is 5.92. The molecular weight excluding hydrogens is 258 g/mol. The Labute approximate surface area is 118 Å². The van der Waals surface area contributed by atoms with E-state index in [4.69, 9.17) is 0 Å². The van der Waals surface area contributed by atoms with Crippen LogP contribution in [0.3, 0.4) is 0 Å². The molecule has 3 heterocycles. The number of nitrogens with zero attached hydrogens (tertiary/aromatic N) is 2. The lowest BCUT2D eigenvalue weighted by Gasteiger charge is -2.37. The van der Waals surface area contributed by atoms with Crippen LogP contribution in [0.4, 0.5) is 0 Å². The lowest BCUT2D eigenvalue weighted by Crippen LogP contribution is -2.50. The van der Waals surface area contributed by atoms with Crippen molar-refractivity contribution in [3.63, 3.8) is 0 Å². The van der Waals surface area contributed by atoms with Crippen LogP contribution in [0.1, 0.15) is 24.4 Å². The average Bonchev–Trinajstić information content (AvgIpc) is 3.02. The first-order chi connectivity index (χ1) is 9.36. The van der Waals surface area contributed by atoms with Gasteiger partial charge in [-0.2, -0.15) is 0 Å². The molecule has 4 nitrogen and oxygen atoms in total. The fraction of sp³-hybridized carbons (Fsp3) is 0.571. The van der Waals surface area contributed by atoms with Gasteiger partial charge in [-0.1, -0.05) is 6.07 Å². The molecule has 2 aliphatic rings. The third-order valence-corrected chi connectivity index (χ3v) is 5.16. The molecule has 1 N–H and O–H groups in total. The lowest BCUT2D eigenvalue weighted by molar-refractivity contribution is -0.134. The number of hydrogen-bond donors (Lipinski definition) is 1. The predicted octanol–water partition coefficient (Wildman–Crippen LogP) is 1.45. The molecule has 3 rings (SSSR count). The zero-order valence-electron chi connectivity index (χ0n) is 10.9. The molecule has 0 radical (unpaired) electrons. The van der Waals surface area contributed by atoms with Crippen molar-refractivity contribution in [1.82, 2.24) is 15.2 Å². The summed E-state index contributed by atoms with van der Waals surface area (Å²) in [7, 11) is 0. The smallest absolute Gasteiger partial charge is 0.236 e. The second-order valence-electron chi connectivity index (χ2n) is 5.04. The van der Waals surface area contributed by atoms with Crippen LogP contribution in [0.5, 0.6) is 0 Å². The van der Waals surface area contributed by atoms with Crippen molar-refractivity contribution < 1.29 is 4.79 Å². The minimum absolute atomic E-state index is 0.135. The van der Waals surface area contributed by atoms with Gasteiger partial charge >= 0.3 is 0 Å². The summed E-state index contributed by atoms with van der Waals surface area (Å²) in [6.07, 6.45) is 5.86. The van der Waals surface area contributed by atoms with Crippen LogP contribution in [0, 0.1) is 0 Å². The van der Waals surface area contributed by atoms with Crippen molar-refractivity contribution in [2.45, 2.75) is 24.1 Å². The number of aromatic nitrogens is 1. The molecule has 19 heavy (non-hydrogen) atoms. The summed E-state index contributed by atoms with van der Waals surface area (Å²) in [5.74, 6) is 1.44. The van der Waals surface area contributed by atoms with Crippen molar-refractivity contribution >= 4 is 17.7 Å². The molecule has 1 aromatic heterocycles. The van der Waals surface area contributed by atoms with Gasteiger partial charge in [-0.05, 0) is 30.2 Å². The van der Waals surface area contributed by atoms with Gasteiger partial charge in [0.15, 0.2) is 0 Å². The molecule has 102 valence electrons. The molecule has 0 spiro atoms. The Balaban J connectivity index is 1.79. The SMILES string of the molecule is O=C(C1CCCS1)N1CCNCC1c1cccnc1. The molecule has 2 unspecified atom stereocenters. The minimum atomic E-state index is 0.135. The molecule has 2 aliphatic heterocycles. The Morgan fingerprint density at radius 2 is 2.47 bits per heavy atom. The van der Waals surface area contributed by atoms with E-state index >= 15 is 0 Å². The van der Waals surface area contributed by atoms with Crippen molar-refractivity contribution in [3.05, 3.63) is 30.1 Å². The van der Waals surface area contributed by atoms with E-state index in [1.165, 1.54) is 6.42 Å². The number of amides is 1. The van der Waals surface area contributed by atoms with Crippen LogP contribution in [0.15, 0.2) is 24.5 Å². The first-order valence-corrected chi connectivity index (χ1v) is 7.94. The van der Waals surface area contributed by atoms with E-state index < -0.39 is 0 Å². The van der Waals surface area contributed by atoms with Crippen LogP contribution in [-0.4, -0.2) is 46.4 Å². The standard InChI is InChI=1S/C14H19N3OS/c18-14(13-4-2-8-19-13)17-7-6-16-10-12(17)11-3-1-5-15-9-11/h1,3,5,9,12-13,16H,2,4,6-8,10H2. The van der Waals surface area contributed by atoms with Gasteiger partial charge in [0.1, 0.15) is 0 Å². The van der Waals surface area contributed by atoms with Gasteiger partial charge in [0.25, 0.3) is 0 Å². The van der Waals surface area contributed by atoms with Crippen molar-refractivity contribution in [1.29, 1.82) is 0 Å². The third-order valence-electron chi connectivity index (χ3n) is 3.80. The molecule has 1 amide bonds. The molecule has 2 fully saturated rings. The summed E-state index contributed by atoms with van der Waals surface area (Å²) in [6.45, 7) is 2.52. The van der Waals surface area contributed by atoms with E-state index in [1.54, 1.807) is 6.20 Å². The molecule has 2 atom stereocenters. The lowest BCUT2D eigenvalue weighted by atomic mass is 10.0. The van der Waals surface area contributed by atoms with Crippen LogP contribution in [0.25, 0.3) is 0 Å². The van der Waals surface area contributed by atoms with Gasteiger partial charge in [-0.3, -0.25) is 9.78 Å². The fourth-order valence-electron chi connectivity index (χ4n) is 2.80. The Hall–Kier alpha value is -1.07. The van der Waals surface area contributed by atoms with Gasteiger partial charge < -0.3 is 10.2 Å². The van der Waals surface area contributed by atoms with Crippen molar-refractivity contribution in [2.75, 3.05) is 25.4 Å². The maximum Gasteiger partial charge on any atom is 0.236 e. The van der Waals surface area contributed by atoms with Crippen molar-refractivity contribution in [2.24, 2.45) is 0 Å². The van der Waals surface area contributed by atoms with Crippen LogP contribution < -0.4 is 5.32 Å². The molecule has 0 saturated carbocycles. The number of hydrogen-bond acceptors (Lipinski definition) is 4. The topological polar surface area (TPSA) is 45.2 Å². The number of thioether (sulfide) groups is 1. The van der Waals surface area contributed by atoms with Crippen LogP contribution >= 0.6 is 11.8 Å². The third kappa shape index (κ3) is 2.77. The van der Waals surface area contributed by atoms with Gasteiger partial charge in [0, 0.05) is 32.0 Å². The van der Waals surface area contributed by atoms with Gasteiger partial charge in [0.05, 0.1) is 11.3 Å². The predicted molar refractivity (Wildman–Crippen MR) is 77.0 cm³/mol. The summed E-state index contributed by atoms with van der Waals surface area (Å²) >= 11 is 1.81. The highest BCUT2D eigenvalue weighted by molar-refractivity contribution is 8.00. The van der Waals surface area contributed by atoms with Gasteiger partial charge in [0.2, 0.25) is 5.91 Å². The number of pyridine rings is 1. The van der Waals surface area contributed by atoms with E-state index in [2.05, 4.69) is 21.3 Å². The van der Waals surface area contributed by atoms with E-state index in [0.29, 0.717) is 5.91 Å². The Morgan fingerprint density at radius 3 is 3.21 bits per heavy atom. The summed E-state index contributed by atoms with van der Waals surface area (Å²) in [5, 5.41) is 3.56. The fourth-order valence-corrected chi connectivity index (χ4v) is 4.03. The average molecular weight is 277 g/mol. The zero-order valence-corrected chi connectivity index (χ0v) is 11.7. The summed E-state index contributed by atoms with van der Waals surface area (Å²) in [4.78, 5) is 18.9. The van der Waals surface area contributed by atoms with Crippen LogP contribution in [-0.2, 0) is 4.79 Å². The minimum Gasteiger partial charge on any atom is -0.332 e. The monoisotopic (exact) mass is 277 g/mol. The zero-order chi connectivity index (χ0) is 13.1. The highest BCUT2D eigenvalue weighted by Gasteiger charge is 2.34. The highest BCUT2D eigenvalue weighted by atomic mass is 32.2. The maximum absolute atomic E-state index is 12.6. The summed E-state index contributed by atoms with van der Waals surface area (Å²) in [5.41, 5.74) is 1.13. The molecule has 2 saturated heterocycles. The molecule has 0 aliphatic carbocycles. The first kappa shape index (κ1) is 12.9. The van der Waals surface area contributed by atoms with Crippen molar-refractivity contribution in [3.8, 4) is 0 Å². The Kier molecular flexibility index (Phi) is 4.03. The van der Waals surface area contributed by atoms with Gasteiger partial charge in [-0.15, -0.1) is 11.8 Å². The molecular formula is C14H19N3OS. The first-order valence-electron chi connectivity index (χ1n) is 6.89. The van der Waals surface area contributed by atoms with E-state index in [-0.39, 0.29) is 11.3 Å². The highest BCUT2D eigenvalue weighted by Crippen LogP contribution is 2.31. The number of piperazine rings is 1. The largest absolute Gasteiger partial charge is 0.332 e. The molecule has 1 aromatic rings. The molecule has 0 bridgehead atoms. The quantitative estimate of drug-likeness (QED) is 0.889. The van der Waals surface area contributed by atoms with E-state index in [1.807, 2.05) is 24.0 Å². The normalized spacial score (nSPS) is 27.5. The molecule has 0 aromatic carbocycles. The second-order valence-corrected chi connectivity index (χ2v) is 6.35. The Morgan fingerprint density at radius 1 is 1.53 bits per heavy atom.